The van der Waals surface area contributed by atoms with Gasteiger partial charge in [-0.1, -0.05) is 72.6 Å². The Balaban J connectivity index is 1.74. The zero-order valence-electron chi connectivity index (χ0n) is 34.3. The highest BCUT2D eigenvalue weighted by atomic mass is 16.3. The van der Waals surface area contributed by atoms with Gasteiger partial charge < -0.3 is 47.6 Å². The lowest BCUT2D eigenvalue weighted by atomic mass is 9.83. The van der Waals surface area contributed by atoms with Crippen molar-refractivity contribution >= 4 is 41.2 Å². The second kappa shape index (κ2) is 23.6. The van der Waals surface area contributed by atoms with E-state index in [-0.39, 0.29) is 54.9 Å². The fourth-order valence-corrected chi connectivity index (χ4v) is 7.62. The molecule has 3 rings (SSSR count). The summed E-state index contributed by atoms with van der Waals surface area (Å²) in [7, 11) is 1.56. The number of nitrogens with two attached hydrogens (primary N) is 1. The number of carbonyl (C=O) groups is 7. The number of carbonyl (C=O) groups excluding carboxylic acids is 7. The van der Waals surface area contributed by atoms with Gasteiger partial charge in [-0.15, -0.1) is 0 Å². The summed E-state index contributed by atoms with van der Waals surface area (Å²) in [6.45, 7) is 8.48. The summed E-state index contributed by atoms with van der Waals surface area (Å²) < 4.78 is 0. The highest BCUT2D eigenvalue weighted by Crippen LogP contribution is 2.27. The zero-order chi connectivity index (χ0) is 41.4. The van der Waals surface area contributed by atoms with E-state index in [9.17, 15) is 38.7 Å². The van der Waals surface area contributed by atoms with E-state index in [4.69, 9.17) is 5.73 Å². The largest absolute Gasteiger partial charge is 0.392 e. The molecule has 1 aliphatic heterocycles. The van der Waals surface area contributed by atoms with E-state index in [0.29, 0.717) is 51.6 Å². The molecule has 0 aromatic rings. The van der Waals surface area contributed by atoms with Crippen LogP contribution in [0.3, 0.4) is 0 Å². The van der Waals surface area contributed by atoms with E-state index in [0.717, 1.165) is 44.9 Å². The number of unbranched alkanes of at least 4 members (excludes halogenated alkanes) is 3. The molecule has 0 spiro atoms. The van der Waals surface area contributed by atoms with Gasteiger partial charge in [-0.25, -0.2) is 0 Å². The first-order chi connectivity index (χ1) is 26.7. The first-order valence-electron chi connectivity index (χ1n) is 21.1. The van der Waals surface area contributed by atoms with Crippen molar-refractivity contribution < 1.29 is 38.7 Å². The van der Waals surface area contributed by atoms with Gasteiger partial charge in [0.1, 0.15) is 24.2 Å². The molecule has 1 heterocycles. The highest BCUT2D eigenvalue weighted by molar-refractivity contribution is 6.04. The van der Waals surface area contributed by atoms with Crippen LogP contribution >= 0.6 is 0 Å². The number of aliphatic hydroxyl groups is 1. The summed E-state index contributed by atoms with van der Waals surface area (Å²) in [5.41, 5.74) is 6.01. The Bertz CT molecular complexity index is 1330. The fraction of sp³-hybridized carbons (Fsp3) is 0.825. The molecular formula is C40H70N8O8. The van der Waals surface area contributed by atoms with Crippen LogP contribution in [0.2, 0.25) is 0 Å². The van der Waals surface area contributed by atoms with E-state index in [2.05, 4.69) is 38.8 Å². The molecular weight excluding hydrogens is 720 g/mol. The number of aliphatic hydroxyl groups excluding tert-OH is 1. The van der Waals surface area contributed by atoms with Gasteiger partial charge in [-0.2, -0.15) is 0 Å². The Hall–Kier alpha value is -3.63. The topological polar surface area (TPSA) is 241 Å². The molecule has 7 atom stereocenters. The van der Waals surface area contributed by atoms with Crippen molar-refractivity contribution in [2.45, 2.75) is 154 Å². The lowest BCUT2D eigenvalue weighted by Crippen LogP contribution is -2.62. The summed E-state index contributed by atoms with van der Waals surface area (Å²) in [5, 5.41) is 27.6. The third-order valence-electron chi connectivity index (χ3n) is 11.5. The first kappa shape index (κ1) is 46.8. The van der Waals surface area contributed by atoms with E-state index in [1.165, 1.54) is 4.90 Å². The van der Waals surface area contributed by atoms with E-state index < -0.39 is 65.9 Å². The quantitative estimate of drug-likeness (QED) is 0.0663. The normalized spacial score (nSPS) is 20.8. The molecule has 9 N–H and O–H groups in total. The molecule has 6 amide bonds. The second-order valence-electron chi connectivity index (χ2n) is 16.5. The molecule has 16 nitrogen and oxygen atoms in total. The maximum atomic E-state index is 14.1. The van der Waals surface area contributed by atoms with Crippen LogP contribution in [0.5, 0.6) is 0 Å². The van der Waals surface area contributed by atoms with Gasteiger partial charge in [-0.05, 0) is 63.5 Å². The number of Topliss-reactive ketones (excluding diaryl/α,β-unsaturated/α-hetero) is 1. The maximum absolute atomic E-state index is 14.1. The number of nitrogens with zero attached hydrogens (tertiary/aromatic N) is 1. The monoisotopic (exact) mass is 791 g/mol. The van der Waals surface area contributed by atoms with Crippen molar-refractivity contribution in [3.8, 4) is 0 Å². The third kappa shape index (κ3) is 14.7. The fourth-order valence-electron chi connectivity index (χ4n) is 7.62. The number of amides is 6. The molecule has 56 heavy (non-hydrogen) atoms. The van der Waals surface area contributed by atoms with Gasteiger partial charge in [0.25, 0.3) is 0 Å². The minimum absolute atomic E-state index is 0.0233. The first-order valence-corrected chi connectivity index (χ1v) is 21.1. The highest BCUT2D eigenvalue weighted by Gasteiger charge is 2.40. The number of nitrogens with one attached hydrogen (secondary N) is 6. The van der Waals surface area contributed by atoms with Crippen molar-refractivity contribution in [1.29, 1.82) is 0 Å². The van der Waals surface area contributed by atoms with Crippen LogP contribution in [-0.2, 0) is 33.6 Å². The Morgan fingerprint density at radius 2 is 1.50 bits per heavy atom. The number of likely N-dealkylation sites (N-methyl/N-ethyl adjacent to an activating group) is 1. The summed E-state index contributed by atoms with van der Waals surface area (Å²) in [6.07, 6.45) is 9.34. The molecule has 1 unspecified atom stereocenters. The zero-order valence-corrected chi connectivity index (χ0v) is 34.3. The minimum Gasteiger partial charge on any atom is -0.392 e. The van der Waals surface area contributed by atoms with Crippen LogP contribution in [0.1, 0.15) is 118 Å². The van der Waals surface area contributed by atoms with E-state index in [1.54, 1.807) is 14.0 Å². The number of hydrogen-bond donors (Lipinski definition) is 8. The van der Waals surface area contributed by atoms with Gasteiger partial charge in [0.05, 0.1) is 18.1 Å². The van der Waals surface area contributed by atoms with Crippen molar-refractivity contribution in [3.63, 3.8) is 0 Å². The molecule has 3 aliphatic rings. The lowest BCUT2D eigenvalue weighted by molar-refractivity contribution is -0.146. The van der Waals surface area contributed by atoms with Crippen LogP contribution < -0.4 is 37.6 Å². The van der Waals surface area contributed by atoms with Crippen LogP contribution in [0.4, 0.5) is 0 Å². The summed E-state index contributed by atoms with van der Waals surface area (Å²) in [6, 6.07) is -5.14. The Morgan fingerprint density at radius 1 is 0.857 bits per heavy atom. The molecule has 2 aliphatic carbocycles. The van der Waals surface area contributed by atoms with Crippen LogP contribution in [0, 0.1) is 23.7 Å². The predicted octanol–water partition coefficient (Wildman–Crippen LogP) is 0.394. The number of ketones is 1. The lowest BCUT2D eigenvalue weighted by Gasteiger charge is -2.35. The van der Waals surface area contributed by atoms with Crippen molar-refractivity contribution in [2.24, 2.45) is 29.4 Å². The minimum atomic E-state index is -1.29. The Morgan fingerprint density at radius 3 is 2.09 bits per heavy atom. The third-order valence-corrected chi connectivity index (χ3v) is 11.5. The number of rotatable bonds is 23. The average Bonchev–Trinajstić information content (AvgIpc) is 3.90. The van der Waals surface area contributed by atoms with Gasteiger partial charge in [-0.3, -0.25) is 33.6 Å². The van der Waals surface area contributed by atoms with Crippen molar-refractivity contribution in [2.75, 3.05) is 33.2 Å². The summed E-state index contributed by atoms with van der Waals surface area (Å²) in [4.78, 5) is 94.6. The predicted molar refractivity (Wildman–Crippen MR) is 212 cm³/mol. The van der Waals surface area contributed by atoms with Crippen LogP contribution in [0.25, 0.3) is 0 Å². The van der Waals surface area contributed by atoms with Gasteiger partial charge in [0.2, 0.25) is 35.4 Å². The molecule has 2 saturated carbocycles. The molecule has 1 saturated heterocycles. The second-order valence-corrected chi connectivity index (χ2v) is 16.5. The molecule has 318 valence electrons. The molecule has 0 radical (unpaired) electrons. The molecule has 0 aromatic carbocycles. The summed E-state index contributed by atoms with van der Waals surface area (Å²) >= 11 is 0. The average molecular weight is 791 g/mol. The van der Waals surface area contributed by atoms with Gasteiger partial charge in [0, 0.05) is 32.5 Å². The number of piperidine rings is 1. The molecule has 16 heteroatoms. The SMILES string of the molecule is CCCCCC[C@H](O)[C@@H](C)C(=O)N(C)[C@@H](CC(C)C)C(=O)N[C@H](C(=O)N[C@@H](CN)C(=O)N[C@@H](CNC(=O)C1CCNCC1)C(=O)NC1CC1=O)C1CCCCC1. The van der Waals surface area contributed by atoms with E-state index in [1.807, 2.05) is 13.8 Å². The Kier molecular flexibility index (Phi) is 19.7. The van der Waals surface area contributed by atoms with Crippen molar-refractivity contribution in [3.05, 3.63) is 0 Å². The smallest absolute Gasteiger partial charge is 0.245 e. The summed E-state index contributed by atoms with van der Waals surface area (Å²) in [5.74, 6) is -4.45. The van der Waals surface area contributed by atoms with Crippen molar-refractivity contribution in [1.82, 2.24) is 36.8 Å². The standard InChI is InChI=1S/C40H70N8O8/c1-6-7-8-12-15-32(49)25(4)40(56)48(5)31(20-24(2)3)38(54)47-34(26-13-10-9-11-14-26)39(55)45-29(22-41)36(52)46-30(37(53)44-28-21-33(28)50)23-43-35(51)27-16-18-42-19-17-27/h24-32,34,42,49H,6-23,41H2,1-5H3,(H,43,51)(H,44,53)(H,45,55)(H,46,52)(H,47,54)/t25-,28?,29+,30+,31+,32+,34+/m1/s1. The van der Waals surface area contributed by atoms with Gasteiger partial charge in [0.15, 0.2) is 5.78 Å². The van der Waals surface area contributed by atoms with Crippen LogP contribution in [0.15, 0.2) is 0 Å². The van der Waals surface area contributed by atoms with Gasteiger partial charge >= 0.3 is 0 Å². The maximum Gasteiger partial charge on any atom is 0.245 e. The number of hydrogen-bond acceptors (Lipinski definition) is 10. The van der Waals surface area contributed by atoms with Crippen LogP contribution in [-0.4, -0.2) is 121 Å². The molecule has 3 fully saturated rings. The molecule has 0 aromatic heterocycles. The molecule has 0 bridgehead atoms. The van der Waals surface area contributed by atoms with E-state index >= 15 is 0 Å². The Labute approximate surface area is 332 Å².